The third kappa shape index (κ3) is 1.79. The number of hydrogen-bond donors (Lipinski definition) is 2. The van der Waals surface area contributed by atoms with Crippen LogP contribution in [0.4, 0.5) is 0 Å². The lowest BCUT2D eigenvalue weighted by Gasteiger charge is -2.68. The van der Waals surface area contributed by atoms with Gasteiger partial charge in [0.05, 0.1) is 5.41 Å². The molecule has 4 atom stereocenters. The van der Waals surface area contributed by atoms with Crippen LogP contribution in [-0.2, 0) is 9.59 Å². The molecule has 19 heavy (non-hydrogen) atoms. The van der Waals surface area contributed by atoms with Crippen LogP contribution in [0.1, 0.15) is 58.8 Å². The van der Waals surface area contributed by atoms with E-state index in [9.17, 15) is 9.59 Å². The van der Waals surface area contributed by atoms with Gasteiger partial charge in [0, 0.05) is 6.42 Å². The monoisotopic (exact) mass is 264 g/mol. The molecule has 0 heterocycles. The lowest BCUT2D eigenvalue weighted by atomic mass is 9.35. The van der Waals surface area contributed by atoms with Gasteiger partial charge in [0.2, 0.25) is 11.8 Å². The van der Waals surface area contributed by atoms with Gasteiger partial charge in [0.15, 0.2) is 0 Å². The summed E-state index contributed by atoms with van der Waals surface area (Å²) in [6, 6.07) is 0. The van der Waals surface area contributed by atoms with Crippen molar-refractivity contribution < 1.29 is 9.59 Å². The predicted molar refractivity (Wildman–Crippen MR) is 71.8 cm³/mol. The Hall–Kier alpha value is -1.06. The van der Waals surface area contributed by atoms with Crippen LogP contribution in [0, 0.1) is 21.7 Å². The Morgan fingerprint density at radius 1 is 0.895 bits per heavy atom. The quantitative estimate of drug-likeness (QED) is 0.813. The summed E-state index contributed by atoms with van der Waals surface area (Å²) >= 11 is 0. The van der Waals surface area contributed by atoms with E-state index in [0.717, 1.165) is 38.5 Å². The number of carbonyl (C=O) groups is 2. The lowest BCUT2D eigenvalue weighted by molar-refractivity contribution is -0.196. The van der Waals surface area contributed by atoms with Gasteiger partial charge in [-0.15, -0.1) is 0 Å². The molecule has 106 valence electrons. The Bertz CT molecular complexity index is 453. The Labute approximate surface area is 114 Å². The van der Waals surface area contributed by atoms with Gasteiger partial charge in [0.1, 0.15) is 0 Å². The summed E-state index contributed by atoms with van der Waals surface area (Å²) in [7, 11) is 0. The first-order chi connectivity index (χ1) is 8.60. The number of hydrogen-bond acceptors (Lipinski definition) is 2. The zero-order valence-corrected chi connectivity index (χ0v) is 11.9. The molecule has 0 radical (unpaired) electrons. The van der Waals surface area contributed by atoms with Crippen LogP contribution in [0.15, 0.2) is 0 Å². The first-order valence-corrected chi connectivity index (χ1v) is 7.19. The van der Waals surface area contributed by atoms with Crippen LogP contribution in [0.25, 0.3) is 0 Å². The van der Waals surface area contributed by atoms with Crippen LogP contribution >= 0.6 is 0 Å². The smallest absolute Gasteiger partial charge is 0.223 e. The second kappa shape index (κ2) is 3.33. The fraction of sp³-hybridized carbons (Fsp3) is 0.867. The maximum atomic E-state index is 12.1. The van der Waals surface area contributed by atoms with E-state index < -0.39 is 5.41 Å². The van der Waals surface area contributed by atoms with Crippen molar-refractivity contribution in [1.29, 1.82) is 0 Å². The van der Waals surface area contributed by atoms with Crippen LogP contribution in [0.5, 0.6) is 0 Å². The van der Waals surface area contributed by atoms with E-state index >= 15 is 0 Å². The Kier molecular flexibility index (Phi) is 2.27. The Balaban J connectivity index is 2.06. The highest BCUT2D eigenvalue weighted by molar-refractivity contribution is 5.82. The van der Waals surface area contributed by atoms with Crippen molar-refractivity contribution in [1.82, 2.24) is 0 Å². The predicted octanol–water partition coefficient (Wildman–Crippen LogP) is 1.71. The molecule has 4 saturated carbocycles. The second-order valence-corrected chi connectivity index (χ2v) is 8.47. The number of nitrogens with two attached hydrogens (primary N) is 2. The Morgan fingerprint density at radius 3 is 1.84 bits per heavy atom. The molecule has 4 nitrogen and oxygen atoms in total. The summed E-state index contributed by atoms with van der Waals surface area (Å²) in [5.41, 5.74) is 11.0. The minimum atomic E-state index is -0.395. The summed E-state index contributed by atoms with van der Waals surface area (Å²) in [5, 5.41) is 0. The molecule has 4 bridgehead atoms. The van der Waals surface area contributed by atoms with Crippen LogP contribution in [-0.4, -0.2) is 11.8 Å². The molecule has 2 amide bonds. The highest BCUT2D eigenvalue weighted by atomic mass is 16.1. The molecular weight excluding hydrogens is 240 g/mol. The van der Waals surface area contributed by atoms with Crippen molar-refractivity contribution in [3.63, 3.8) is 0 Å². The average Bonchev–Trinajstić information content (AvgIpc) is 2.07. The average molecular weight is 264 g/mol. The lowest BCUT2D eigenvalue weighted by Crippen LogP contribution is -2.63. The molecule has 0 aromatic heterocycles. The molecule has 0 aromatic rings. The molecule has 0 spiro atoms. The van der Waals surface area contributed by atoms with Crippen LogP contribution < -0.4 is 11.5 Å². The Morgan fingerprint density at radius 2 is 1.42 bits per heavy atom. The van der Waals surface area contributed by atoms with Crippen molar-refractivity contribution in [2.24, 2.45) is 33.1 Å². The minimum absolute atomic E-state index is 0.0842. The third-order valence-electron chi connectivity index (χ3n) is 5.77. The van der Waals surface area contributed by atoms with Crippen molar-refractivity contribution >= 4 is 11.8 Å². The van der Waals surface area contributed by atoms with Crippen molar-refractivity contribution in [3.05, 3.63) is 0 Å². The highest BCUT2D eigenvalue weighted by Crippen LogP contribution is 2.74. The normalized spacial score (nSPS) is 51.3. The van der Waals surface area contributed by atoms with Crippen LogP contribution in [0.2, 0.25) is 0 Å². The van der Waals surface area contributed by atoms with Gasteiger partial charge in [0.25, 0.3) is 0 Å². The van der Waals surface area contributed by atoms with E-state index in [4.69, 9.17) is 11.5 Å². The SMILES string of the molecule is C[C@]12CC3(CC(N)=O)CC(C(N)=O)(C1)C[C@@](C)(C3)C2. The van der Waals surface area contributed by atoms with E-state index in [0.29, 0.717) is 6.42 Å². The van der Waals surface area contributed by atoms with Gasteiger partial charge < -0.3 is 11.5 Å². The molecule has 0 aromatic carbocycles. The number of amides is 2. The summed E-state index contributed by atoms with van der Waals surface area (Å²) < 4.78 is 0. The van der Waals surface area contributed by atoms with Crippen molar-refractivity contribution in [2.45, 2.75) is 58.8 Å². The molecule has 0 aliphatic heterocycles. The van der Waals surface area contributed by atoms with Gasteiger partial charge in [-0.25, -0.2) is 0 Å². The van der Waals surface area contributed by atoms with Gasteiger partial charge in [-0.1, -0.05) is 13.8 Å². The summed E-state index contributed by atoms with van der Waals surface area (Å²) in [5.74, 6) is -0.410. The summed E-state index contributed by atoms with van der Waals surface area (Å²) in [6.45, 7) is 4.52. The molecule has 4 heteroatoms. The zero-order valence-electron chi connectivity index (χ0n) is 11.9. The third-order valence-corrected chi connectivity index (χ3v) is 5.77. The second-order valence-electron chi connectivity index (χ2n) is 8.47. The minimum Gasteiger partial charge on any atom is -0.370 e. The molecule has 4 fully saturated rings. The van der Waals surface area contributed by atoms with Crippen molar-refractivity contribution in [3.8, 4) is 0 Å². The standard InChI is InChI=1S/C15H24N2O2/c1-12-4-13(2)6-14(5-12,3-10(16)18)9-15(7-12,8-13)11(17)19/h3-9H2,1-2H3,(H2,16,18)(H2,17,19)/t12-,13+,14?,15?. The molecule has 4 N–H and O–H groups in total. The van der Waals surface area contributed by atoms with E-state index in [-0.39, 0.29) is 28.1 Å². The summed E-state index contributed by atoms with van der Waals surface area (Å²) in [4.78, 5) is 23.5. The van der Waals surface area contributed by atoms with E-state index in [1.165, 1.54) is 0 Å². The number of primary amides is 2. The van der Waals surface area contributed by atoms with E-state index in [2.05, 4.69) is 13.8 Å². The maximum absolute atomic E-state index is 12.1. The van der Waals surface area contributed by atoms with Gasteiger partial charge in [-0.2, -0.15) is 0 Å². The molecule has 4 aliphatic carbocycles. The molecular formula is C15H24N2O2. The van der Waals surface area contributed by atoms with Gasteiger partial charge in [-0.3, -0.25) is 9.59 Å². The number of carbonyl (C=O) groups excluding carboxylic acids is 2. The molecule has 4 rings (SSSR count). The topological polar surface area (TPSA) is 86.2 Å². The fourth-order valence-corrected chi connectivity index (χ4v) is 6.76. The zero-order chi connectivity index (χ0) is 14.1. The van der Waals surface area contributed by atoms with Gasteiger partial charge >= 0.3 is 0 Å². The van der Waals surface area contributed by atoms with Crippen molar-refractivity contribution in [2.75, 3.05) is 0 Å². The van der Waals surface area contributed by atoms with E-state index in [1.807, 2.05) is 0 Å². The molecule has 2 unspecified atom stereocenters. The summed E-state index contributed by atoms with van der Waals surface area (Å²) in [6.07, 6.45) is 6.16. The fourth-order valence-electron chi connectivity index (χ4n) is 6.76. The molecule has 0 saturated heterocycles. The van der Waals surface area contributed by atoms with E-state index in [1.54, 1.807) is 0 Å². The number of rotatable bonds is 3. The van der Waals surface area contributed by atoms with Crippen LogP contribution in [0.3, 0.4) is 0 Å². The maximum Gasteiger partial charge on any atom is 0.223 e. The first kappa shape index (κ1) is 12.9. The molecule has 4 aliphatic rings. The van der Waals surface area contributed by atoms with Gasteiger partial charge in [-0.05, 0) is 54.8 Å². The highest BCUT2D eigenvalue weighted by Gasteiger charge is 2.67. The largest absolute Gasteiger partial charge is 0.370 e. The first-order valence-electron chi connectivity index (χ1n) is 7.19.